The number of fused-ring (bicyclic) bond motifs is 2. The molecule has 7 rings (SSSR count). The summed E-state index contributed by atoms with van der Waals surface area (Å²) in [5.41, 5.74) is 2.86. The Balaban J connectivity index is 1.19. The molecule has 3 aromatic heterocycles. The number of ether oxygens (including phenoxy) is 1. The number of hydrogen-bond acceptors (Lipinski definition) is 7. The molecule has 0 aliphatic carbocycles. The minimum absolute atomic E-state index is 0.169. The number of amides is 1. The predicted octanol–water partition coefficient (Wildman–Crippen LogP) is 3.79. The van der Waals surface area contributed by atoms with Gasteiger partial charge in [0, 0.05) is 69.4 Å². The zero-order valence-electron chi connectivity index (χ0n) is 21.5. The summed E-state index contributed by atoms with van der Waals surface area (Å²) in [4.78, 5) is 31.0. The summed E-state index contributed by atoms with van der Waals surface area (Å²) in [5, 5.41) is 0.752. The van der Waals surface area contributed by atoms with Gasteiger partial charge in [0.2, 0.25) is 5.91 Å². The first-order valence-electron chi connectivity index (χ1n) is 13.4. The van der Waals surface area contributed by atoms with Gasteiger partial charge in [-0.25, -0.2) is 14.4 Å². The number of aromatic nitrogens is 3. The highest BCUT2D eigenvalue weighted by atomic mass is 19.1. The Morgan fingerprint density at radius 3 is 2.66 bits per heavy atom. The van der Waals surface area contributed by atoms with E-state index >= 15 is 4.39 Å². The molecule has 1 N–H and O–H groups in total. The van der Waals surface area contributed by atoms with Crippen molar-refractivity contribution in [3.8, 4) is 11.4 Å². The van der Waals surface area contributed by atoms with Gasteiger partial charge in [-0.15, -0.1) is 0 Å². The number of anilines is 1. The highest BCUT2D eigenvalue weighted by molar-refractivity contribution is 5.96. The van der Waals surface area contributed by atoms with Crippen LogP contribution in [0.5, 0.6) is 0 Å². The molecule has 4 aromatic rings. The quantitative estimate of drug-likeness (QED) is 0.440. The lowest BCUT2D eigenvalue weighted by atomic mass is 9.72. The molecule has 0 saturated carbocycles. The Labute approximate surface area is 219 Å². The lowest BCUT2D eigenvalue weighted by Gasteiger charge is -2.53. The SMILES string of the molecule is CC(=O)N1CCC2(CC1)CN(Cc1cc3nc(-c4c(F)ccc5[nH]ccc45)nc(N4CCOCC4)c3o1)C2. The maximum atomic E-state index is 15.2. The van der Waals surface area contributed by atoms with Crippen LogP contribution in [0.3, 0.4) is 0 Å². The van der Waals surface area contributed by atoms with E-state index in [0.717, 1.165) is 55.7 Å². The van der Waals surface area contributed by atoms with Gasteiger partial charge in [-0.1, -0.05) is 0 Å². The zero-order chi connectivity index (χ0) is 25.9. The van der Waals surface area contributed by atoms with E-state index in [1.807, 2.05) is 17.0 Å². The van der Waals surface area contributed by atoms with Crippen molar-refractivity contribution in [2.75, 3.05) is 57.4 Å². The molecule has 198 valence electrons. The molecule has 9 nitrogen and oxygen atoms in total. The Bertz CT molecular complexity index is 1510. The van der Waals surface area contributed by atoms with Crippen LogP contribution in [0.15, 0.2) is 34.9 Å². The third kappa shape index (κ3) is 4.03. The van der Waals surface area contributed by atoms with Crippen LogP contribution in [-0.4, -0.2) is 83.1 Å². The highest BCUT2D eigenvalue weighted by Crippen LogP contribution is 2.42. The first-order chi connectivity index (χ1) is 18.5. The van der Waals surface area contributed by atoms with Crippen LogP contribution in [0, 0.1) is 11.2 Å². The number of carbonyl (C=O) groups excluding carboxylic acids is 1. The summed E-state index contributed by atoms with van der Waals surface area (Å²) in [7, 11) is 0. The number of rotatable bonds is 4. The molecule has 6 heterocycles. The highest BCUT2D eigenvalue weighted by Gasteiger charge is 2.45. The molecule has 38 heavy (non-hydrogen) atoms. The second kappa shape index (κ2) is 9.06. The lowest BCUT2D eigenvalue weighted by molar-refractivity contribution is -0.134. The summed E-state index contributed by atoms with van der Waals surface area (Å²) >= 11 is 0. The molecular formula is C28H31FN6O3. The van der Waals surface area contributed by atoms with Gasteiger partial charge in [-0.05, 0) is 36.5 Å². The fraction of sp³-hybridized carbons (Fsp3) is 0.464. The van der Waals surface area contributed by atoms with Gasteiger partial charge in [0.25, 0.3) is 0 Å². The number of likely N-dealkylation sites (tertiary alicyclic amines) is 2. The predicted molar refractivity (Wildman–Crippen MR) is 141 cm³/mol. The van der Waals surface area contributed by atoms with Crippen molar-refractivity contribution in [3.05, 3.63) is 42.0 Å². The smallest absolute Gasteiger partial charge is 0.219 e. The van der Waals surface area contributed by atoms with Crippen molar-refractivity contribution in [1.29, 1.82) is 0 Å². The normalized spacial score (nSPS) is 19.9. The molecular weight excluding hydrogens is 487 g/mol. The molecule has 0 atom stereocenters. The number of furan rings is 1. The van der Waals surface area contributed by atoms with Gasteiger partial charge in [0.05, 0.1) is 25.3 Å². The van der Waals surface area contributed by atoms with E-state index in [2.05, 4.69) is 14.8 Å². The summed E-state index contributed by atoms with van der Waals surface area (Å²) in [6.45, 7) is 8.62. The Kier molecular flexibility index (Phi) is 5.63. The molecule has 0 radical (unpaired) electrons. The summed E-state index contributed by atoms with van der Waals surface area (Å²) in [6, 6.07) is 7.02. The van der Waals surface area contributed by atoms with Gasteiger partial charge in [-0.3, -0.25) is 9.69 Å². The van der Waals surface area contributed by atoms with Gasteiger partial charge in [0.1, 0.15) is 17.1 Å². The Hall–Kier alpha value is -3.50. The fourth-order valence-electron chi connectivity index (χ4n) is 6.32. The van der Waals surface area contributed by atoms with Crippen LogP contribution < -0.4 is 4.90 Å². The largest absolute Gasteiger partial charge is 0.454 e. The topological polar surface area (TPSA) is 90.7 Å². The zero-order valence-corrected chi connectivity index (χ0v) is 21.5. The molecule has 1 amide bonds. The first-order valence-corrected chi connectivity index (χ1v) is 13.4. The standard InChI is InChI=1S/C28H31FN6O3/c1-18(36)34-8-5-28(6-9-34)16-33(17-28)15-19-14-23-25(38-19)27(35-10-12-37-13-11-35)32-26(31-23)24-20-4-7-30-22(20)3-2-21(24)29/h2-4,7,14,30H,5-6,8-13,15-17H2,1H3. The van der Waals surface area contributed by atoms with E-state index in [1.54, 1.807) is 19.2 Å². The van der Waals surface area contributed by atoms with Crippen molar-refractivity contribution < 1.29 is 18.3 Å². The maximum Gasteiger partial charge on any atom is 0.219 e. The minimum atomic E-state index is -0.352. The summed E-state index contributed by atoms with van der Waals surface area (Å²) < 4.78 is 27.1. The molecule has 0 bridgehead atoms. The third-order valence-corrected chi connectivity index (χ3v) is 8.39. The number of nitrogens with zero attached hydrogens (tertiary/aromatic N) is 5. The molecule has 1 spiro atoms. The van der Waals surface area contributed by atoms with Crippen LogP contribution in [0.1, 0.15) is 25.5 Å². The van der Waals surface area contributed by atoms with Crippen LogP contribution in [0.25, 0.3) is 33.4 Å². The molecule has 0 unspecified atom stereocenters. The number of nitrogens with one attached hydrogen (secondary N) is 1. The van der Waals surface area contributed by atoms with Crippen LogP contribution in [0.2, 0.25) is 0 Å². The lowest BCUT2D eigenvalue weighted by Crippen LogP contribution is -2.60. The number of carbonyl (C=O) groups is 1. The molecule has 3 saturated heterocycles. The van der Waals surface area contributed by atoms with Gasteiger partial charge in [0.15, 0.2) is 17.2 Å². The number of halogens is 1. The molecule has 3 aliphatic heterocycles. The van der Waals surface area contributed by atoms with Crippen molar-refractivity contribution in [2.24, 2.45) is 5.41 Å². The monoisotopic (exact) mass is 518 g/mol. The average molecular weight is 519 g/mol. The van der Waals surface area contributed by atoms with Gasteiger partial charge < -0.3 is 23.9 Å². The average Bonchev–Trinajstić information content (AvgIpc) is 3.54. The first kappa shape index (κ1) is 23.6. The van der Waals surface area contributed by atoms with Gasteiger partial charge in [-0.2, -0.15) is 0 Å². The number of hydrogen-bond donors (Lipinski definition) is 1. The third-order valence-electron chi connectivity index (χ3n) is 8.39. The van der Waals surface area contributed by atoms with Crippen molar-refractivity contribution >= 4 is 33.7 Å². The van der Waals surface area contributed by atoms with Gasteiger partial charge >= 0.3 is 0 Å². The molecule has 3 fully saturated rings. The van der Waals surface area contributed by atoms with Crippen molar-refractivity contribution in [3.63, 3.8) is 0 Å². The molecule has 1 aromatic carbocycles. The summed E-state index contributed by atoms with van der Waals surface area (Å²) in [6.07, 6.45) is 3.90. The van der Waals surface area contributed by atoms with Crippen molar-refractivity contribution in [2.45, 2.75) is 26.3 Å². The second-order valence-electron chi connectivity index (χ2n) is 10.9. The van der Waals surface area contributed by atoms with Crippen molar-refractivity contribution in [1.82, 2.24) is 24.8 Å². The summed E-state index contributed by atoms with van der Waals surface area (Å²) in [5.74, 6) is 1.69. The number of piperidine rings is 1. The molecule has 10 heteroatoms. The Morgan fingerprint density at radius 1 is 1.11 bits per heavy atom. The van der Waals surface area contributed by atoms with Crippen LogP contribution in [-0.2, 0) is 16.1 Å². The fourth-order valence-corrected chi connectivity index (χ4v) is 6.32. The number of benzene rings is 1. The van der Waals surface area contributed by atoms with E-state index < -0.39 is 0 Å². The Morgan fingerprint density at radius 2 is 1.89 bits per heavy atom. The van der Waals surface area contributed by atoms with E-state index in [1.165, 1.54) is 6.07 Å². The number of morpholine rings is 1. The number of aromatic amines is 1. The minimum Gasteiger partial charge on any atom is -0.454 e. The van der Waals surface area contributed by atoms with E-state index in [9.17, 15) is 4.79 Å². The van der Waals surface area contributed by atoms with E-state index in [-0.39, 0.29) is 11.7 Å². The van der Waals surface area contributed by atoms with Crippen LogP contribution in [0.4, 0.5) is 10.2 Å². The molecule has 3 aliphatic rings. The number of H-pyrrole nitrogens is 1. The second-order valence-corrected chi connectivity index (χ2v) is 10.9. The maximum absolute atomic E-state index is 15.2. The van der Waals surface area contributed by atoms with E-state index in [0.29, 0.717) is 66.6 Å². The van der Waals surface area contributed by atoms with E-state index in [4.69, 9.17) is 19.1 Å². The van der Waals surface area contributed by atoms with Crippen LogP contribution >= 0.6 is 0 Å².